The Kier molecular flexibility index (Phi) is 6.13. The van der Waals surface area contributed by atoms with Gasteiger partial charge in [-0.1, -0.05) is 40.5 Å². The Morgan fingerprint density at radius 3 is 2.59 bits per heavy atom. The van der Waals surface area contributed by atoms with Gasteiger partial charge in [0.05, 0.1) is 6.54 Å². The first-order chi connectivity index (χ1) is 14.1. The summed E-state index contributed by atoms with van der Waals surface area (Å²) in [4.78, 5) is 19.2. The highest BCUT2D eigenvalue weighted by atomic mass is 35.5. The van der Waals surface area contributed by atoms with E-state index in [1.54, 1.807) is 24.3 Å². The van der Waals surface area contributed by atoms with E-state index >= 15 is 0 Å². The number of nitrogens with zero attached hydrogens (tertiary/aromatic N) is 3. The van der Waals surface area contributed by atoms with E-state index in [2.05, 4.69) is 20.4 Å². The molecule has 6 nitrogen and oxygen atoms in total. The topological polar surface area (TPSA) is 71.3 Å². The summed E-state index contributed by atoms with van der Waals surface area (Å²) in [5, 5.41) is 8.29. The van der Waals surface area contributed by atoms with Gasteiger partial charge < -0.3 is 9.84 Å². The van der Waals surface area contributed by atoms with Gasteiger partial charge in [-0.05, 0) is 62.3 Å². The molecular weight excluding hydrogens is 411 g/mol. The van der Waals surface area contributed by atoms with Crippen molar-refractivity contribution in [2.45, 2.75) is 19.4 Å². The third kappa shape index (κ3) is 5.15. The van der Waals surface area contributed by atoms with Crippen LogP contribution in [0.1, 0.15) is 18.7 Å². The quantitative estimate of drug-likeness (QED) is 0.623. The van der Waals surface area contributed by atoms with E-state index in [4.69, 9.17) is 27.7 Å². The van der Waals surface area contributed by atoms with Crippen molar-refractivity contribution in [3.8, 4) is 11.4 Å². The lowest BCUT2D eigenvalue weighted by Crippen LogP contribution is -2.37. The van der Waals surface area contributed by atoms with Crippen LogP contribution in [-0.2, 0) is 11.3 Å². The van der Waals surface area contributed by atoms with Crippen molar-refractivity contribution in [3.63, 3.8) is 0 Å². The number of halogens is 2. The van der Waals surface area contributed by atoms with E-state index in [0.717, 1.165) is 37.2 Å². The summed E-state index contributed by atoms with van der Waals surface area (Å²) in [5.74, 6) is 1.13. The van der Waals surface area contributed by atoms with E-state index in [-0.39, 0.29) is 11.8 Å². The molecule has 4 rings (SSSR count). The Bertz CT molecular complexity index is 982. The normalized spacial score (nSPS) is 15.4. The highest BCUT2D eigenvalue weighted by Crippen LogP contribution is 2.23. The number of rotatable bonds is 5. The van der Waals surface area contributed by atoms with Gasteiger partial charge in [0.2, 0.25) is 17.6 Å². The first kappa shape index (κ1) is 19.9. The molecule has 0 saturated carbocycles. The molecule has 2 aromatic carbocycles. The van der Waals surface area contributed by atoms with Crippen LogP contribution in [0.25, 0.3) is 11.4 Å². The van der Waals surface area contributed by atoms with Crippen LogP contribution >= 0.6 is 23.2 Å². The third-order valence-electron chi connectivity index (χ3n) is 4.98. The third-order valence-corrected chi connectivity index (χ3v) is 5.47. The molecule has 0 unspecified atom stereocenters. The molecule has 1 fully saturated rings. The van der Waals surface area contributed by atoms with Crippen molar-refractivity contribution in [2.75, 3.05) is 18.4 Å². The fourth-order valence-electron chi connectivity index (χ4n) is 3.39. The zero-order valence-electron chi connectivity index (χ0n) is 15.6. The van der Waals surface area contributed by atoms with Gasteiger partial charge in [0.25, 0.3) is 0 Å². The molecule has 1 N–H and O–H groups in total. The molecule has 1 aliphatic rings. The SMILES string of the molecule is O=C(Nc1ccc(Cl)cc1)C1CCN(Cc2nc(-c3cccc(Cl)c3)no2)CC1. The van der Waals surface area contributed by atoms with Crippen LogP contribution in [0.4, 0.5) is 5.69 Å². The molecule has 0 bridgehead atoms. The molecule has 0 atom stereocenters. The van der Waals surface area contributed by atoms with Gasteiger partial charge in [-0.15, -0.1) is 0 Å². The fraction of sp³-hybridized carbons (Fsp3) is 0.286. The molecule has 1 amide bonds. The van der Waals surface area contributed by atoms with Crippen LogP contribution in [0.15, 0.2) is 53.1 Å². The average molecular weight is 431 g/mol. The number of carbonyl (C=O) groups excluding carboxylic acids is 1. The molecule has 0 spiro atoms. The Hall–Kier alpha value is -2.41. The average Bonchev–Trinajstić information content (AvgIpc) is 3.19. The highest BCUT2D eigenvalue weighted by molar-refractivity contribution is 6.31. The maximum Gasteiger partial charge on any atom is 0.241 e. The molecule has 8 heteroatoms. The van der Waals surface area contributed by atoms with Crippen LogP contribution in [0.5, 0.6) is 0 Å². The Balaban J connectivity index is 1.29. The minimum atomic E-state index is -0.00775. The predicted molar refractivity (Wildman–Crippen MR) is 113 cm³/mol. The Labute approximate surface area is 178 Å². The number of amides is 1. The largest absolute Gasteiger partial charge is 0.338 e. The fourth-order valence-corrected chi connectivity index (χ4v) is 3.70. The number of likely N-dealkylation sites (tertiary alicyclic amines) is 1. The van der Waals surface area contributed by atoms with Gasteiger partial charge in [0.15, 0.2) is 0 Å². The van der Waals surface area contributed by atoms with Crippen LogP contribution in [-0.4, -0.2) is 34.0 Å². The smallest absolute Gasteiger partial charge is 0.241 e. The lowest BCUT2D eigenvalue weighted by molar-refractivity contribution is -0.121. The molecule has 1 aliphatic heterocycles. The molecule has 29 heavy (non-hydrogen) atoms. The zero-order valence-corrected chi connectivity index (χ0v) is 17.2. The van der Waals surface area contributed by atoms with E-state index in [1.165, 1.54) is 0 Å². The summed E-state index contributed by atoms with van der Waals surface area (Å²) < 4.78 is 5.39. The summed E-state index contributed by atoms with van der Waals surface area (Å²) in [5.41, 5.74) is 1.59. The maximum absolute atomic E-state index is 12.5. The second-order valence-electron chi connectivity index (χ2n) is 7.07. The van der Waals surface area contributed by atoms with Crippen molar-refractivity contribution < 1.29 is 9.32 Å². The summed E-state index contributed by atoms with van der Waals surface area (Å²) in [6.07, 6.45) is 1.57. The first-order valence-electron chi connectivity index (χ1n) is 9.44. The second-order valence-corrected chi connectivity index (χ2v) is 7.94. The molecular formula is C21H20Cl2N4O2. The first-order valence-corrected chi connectivity index (χ1v) is 10.2. The van der Waals surface area contributed by atoms with E-state index in [1.807, 2.05) is 24.3 Å². The number of benzene rings is 2. The van der Waals surface area contributed by atoms with Crippen molar-refractivity contribution in [3.05, 3.63) is 64.5 Å². The Morgan fingerprint density at radius 1 is 1.10 bits per heavy atom. The van der Waals surface area contributed by atoms with Gasteiger partial charge in [-0.25, -0.2) is 0 Å². The van der Waals surface area contributed by atoms with Gasteiger partial charge in [0.1, 0.15) is 0 Å². The molecule has 2 heterocycles. The van der Waals surface area contributed by atoms with Gasteiger partial charge in [-0.2, -0.15) is 4.98 Å². The number of nitrogens with one attached hydrogen (secondary N) is 1. The number of hydrogen-bond acceptors (Lipinski definition) is 5. The van der Waals surface area contributed by atoms with Crippen LogP contribution in [0.3, 0.4) is 0 Å². The maximum atomic E-state index is 12.5. The number of carbonyl (C=O) groups is 1. The molecule has 0 aliphatic carbocycles. The summed E-state index contributed by atoms with van der Waals surface area (Å²) >= 11 is 11.9. The molecule has 1 saturated heterocycles. The predicted octanol–water partition coefficient (Wildman–Crippen LogP) is 4.89. The Morgan fingerprint density at radius 2 is 1.86 bits per heavy atom. The monoisotopic (exact) mass is 430 g/mol. The van der Waals surface area contributed by atoms with Crippen molar-refractivity contribution in [1.82, 2.24) is 15.0 Å². The highest BCUT2D eigenvalue weighted by Gasteiger charge is 2.26. The van der Waals surface area contributed by atoms with E-state index < -0.39 is 0 Å². The number of anilines is 1. The zero-order chi connectivity index (χ0) is 20.2. The molecule has 150 valence electrons. The second kappa shape index (κ2) is 8.95. The lowest BCUT2D eigenvalue weighted by Gasteiger charge is -2.30. The minimum Gasteiger partial charge on any atom is -0.338 e. The lowest BCUT2D eigenvalue weighted by atomic mass is 9.96. The van der Waals surface area contributed by atoms with Crippen LogP contribution in [0.2, 0.25) is 10.0 Å². The molecule has 1 aromatic heterocycles. The summed E-state index contributed by atoms with van der Waals surface area (Å²) in [6.45, 7) is 2.17. The van der Waals surface area contributed by atoms with Crippen LogP contribution in [0, 0.1) is 5.92 Å². The van der Waals surface area contributed by atoms with E-state index in [0.29, 0.717) is 28.3 Å². The molecule has 0 radical (unpaired) electrons. The van der Waals surface area contributed by atoms with Crippen molar-refractivity contribution >= 4 is 34.8 Å². The van der Waals surface area contributed by atoms with Crippen molar-refractivity contribution in [2.24, 2.45) is 5.92 Å². The number of hydrogen-bond donors (Lipinski definition) is 1. The van der Waals surface area contributed by atoms with Gasteiger partial charge in [0, 0.05) is 27.2 Å². The van der Waals surface area contributed by atoms with E-state index in [9.17, 15) is 4.79 Å². The van der Waals surface area contributed by atoms with Gasteiger partial charge >= 0.3 is 0 Å². The minimum absolute atomic E-state index is 0.00775. The van der Waals surface area contributed by atoms with Crippen molar-refractivity contribution in [1.29, 1.82) is 0 Å². The number of aromatic nitrogens is 2. The van der Waals surface area contributed by atoms with Gasteiger partial charge in [-0.3, -0.25) is 9.69 Å². The molecule has 3 aromatic rings. The summed E-state index contributed by atoms with van der Waals surface area (Å²) in [7, 11) is 0. The van der Waals surface area contributed by atoms with Crippen LogP contribution < -0.4 is 5.32 Å². The standard InChI is InChI=1S/C21H20Cl2N4O2/c22-16-4-6-18(7-5-16)24-21(28)14-8-10-27(11-9-14)13-19-25-20(26-29-19)15-2-1-3-17(23)12-15/h1-7,12,14H,8-11,13H2,(H,24,28). The summed E-state index contributed by atoms with van der Waals surface area (Å²) in [6, 6.07) is 14.5. The number of piperidine rings is 1.